The number of carbonyl (C=O) groups is 1. The van der Waals surface area contributed by atoms with Gasteiger partial charge in [-0.1, -0.05) is 0 Å². The van der Waals surface area contributed by atoms with E-state index in [-0.39, 0.29) is 12.5 Å². The Labute approximate surface area is 112 Å². The molecule has 1 aromatic rings. The molecule has 2 N–H and O–H groups in total. The van der Waals surface area contributed by atoms with Crippen molar-refractivity contribution < 1.29 is 19.4 Å². The summed E-state index contributed by atoms with van der Waals surface area (Å²) in [5, 5.41) is 19.3. The molecule has 0 radical (unpaired) electrons. The van der Waals surface area contributed by atoms with Crippen LogP contribution in [0.3, 0.4) is 0 Å². The van der Waals surface area contributed by atoms with Crippen LogP contribution in [0.15, 0.2) is 4.42 Å². The van der Waals surface area contributed by atoms with Crippen LogP contribution in [0.2, 0.25) is 0 Å². The molecule has 0 aromatic carbocycles. The van der Waals surface area contributed by atoms with Gasteiger partial charge >= 0.3 is 0 Å². The standard InChI is InChI=1S/C13H20N2O4/c1-9-11(14-10(2)19-9)12(17)15-6-3-4-13(18,8-16)5-7-15/h16,18H,3-8H2,1-2H3/t13-/m1/s1. The lowest BCUT2D eigenvalue weighted by atomic mass is 9.96. The van der Waals surface area contributed by atoms with Crippen LogP contribution in [-0.4, -0.2) is 51.3 Å². The van der Waals surface area contributed by atoms with Crippen molar-refractivity contribution in [1.82, 2.24) is 9.88 Å². The summed E-state index contributed by atoms with van der Waals surface area (Å²) in [6.07, 6.45) is 1.55. The number of aliphatic hydroxyl groups is 2. The second-order valence-corrected chi connectivity index (χ2v) is 5.17. The molecular formula is C13H20N2O4. The minimum Gasteiger partial charge on any atom is -0.445 e. The van der Waals surface area contributed by atoms with Gasteiger partial charge in [0, 0.05) is 20.0 Å². The molecule has 1 aliphatic rings. The van der Waals surface area contributed by atoms with Crippen LogP contribution in [0.5, 0.6) is 0 Å². The number of aliphatic hydroxyl groups excluding tert-OH is 1. The van der Waals surface area contributed by atoms with Gasteiger partial charge in [-0.2, -0.15) is 0 Å². The second-order valence-electron chi connectivity index (χ2n) is 5.17. The predicted molar refractivity (Wildman–Crippen MR) is 67.8 cm³/mol. The predicted octanol–water partition coefficient (Wildman–Crippen LogP) is 0.641. The highest BCUT2D eigenvalue weighted by Gasteiger charge is 2.32. The lowest BCUT2D eigenvalue weighted by Crippen LogP contribution is -2.36. The molecule has 0 unspecified atom stereocenters. The van der Waals surface area contributed by atoms with E-state index in [1.54, 1.807) is 18.7 Å². The third-order valence-corrected chi connectivity index (χ3v) is 3.60. The molecule has 1 atom stereocenters. The summed E-state index contributed by atoms with van der Waals surface area (Å²) in [7, 11) is 0. The van der Waals surface area contributed by atoms with Crippen LogP contribution in [0.4, 0.5) is 0 Å². The van der Waals surface area contributed by atoms with Crippen molar-refractivity contribution in [2.75, 3.05) is 19.7 Å². The largest absolute Gasteiger partial charge is 0.445 e. The Bertz CT molecular complexity index is 471. The van der Waals surface area contributed by atoms with E-state index in [0.29, 0.717) is 49.7 Å². The minimum atomic E-state index is -1.07. The van der Waals surface area contributed by atoms with Crippen molar-refractivity contribution in [3.63, 3.8) is 0 Å². The van der Waals surface area contributed by atoms with Gasteiger partial charge in [0.05, 0.1) is 12.2 Å². The van der Waals surface area contributed by atoms with Crippen LogP contribution in [0.25, 0.3) is 0 Å². The fraction of sp³-hybridized carbons (Fsp3) is 0.692. The molecule has 1 saturated heterocycles. The highest BCUT2D eigenvalue weighted by atomic mass is 16.4. The number of rotatable bonds is 2. The Hall–Kier alpha value is -1.40. The van der Waals surface area contributed by atoms with Gasteiger partial charge in [0.2, 0.25) is 0 Å². The van der Waals surface area contributed by atoms with Gasteiger partial charge < -0.3 is 19.5 Å². The van der Waals surface area contributed by atoms with Crippen LogP contribution < -0.4 is 0 Å². The van der Waals surface area contributed by atoms with E-state index >= 15 is 0 Å². The first-order chi connectivity index (χ1) is 8.95. The van der Waals surface area contributed by atoms with Crippen LogP contribution >= 0.6 is 0 Å². The summed E-state index contributed by atoms with van der Waals surface area (Å²) in [4.78, 5) is 18.1. The minimum absolute atomic E-state index is 0.170. The zero-order valence-corrected chi connectivity index (χ0v) is 11.3. The van der Waals surface area contributed by atoms with Crippen LogP contribution in [-0.2, 0) is 0 Å². The molecule has 1 amide bonds. The van der Waals surface area contributed by atoms with Gasteiger partial charge in [-0.05, 0) is 26.2 Å². The fourth-order valence-corrected chi connectivity index (χ4v) is 2.42. The SMILES string of the molecule is Cc1nc(C(=O)N2CCC[C@](O)(CO)CC2)c(C)o1. The van der Waals surface area contributed by atoms with E-state index in [1.807, 2.05) is 0 Å². The van der Waals surface area contributed by atoms with Gasteiger partial charge in [0.15, 0.2) is 11.6 Å². The highest BCUT2D eigenvalue weighted by molar-refractivity contribution is 5.93. The summed E-state index contributed by atoms with van der Waals surface area (Å²) in [6, 6.07) is 0. The number of nitrogens with zero attached hydrogens (tertiary/aromatic N) is 2. The van der Waals surface area contributed by atoms with E-state index in [9.17, 15) is 15.0 Å². The summed E-state index contributed by atoms with van der Waals surface area (Å²) in [6.45, 7) is 4.14. The maximum atomic E-state index is 12.3. The number of carbonyl (C=O) groups excluding carboxylic acids is 1. The van der Waals surface area contributed by atoms with Gasteiger partial charge in [0.1, 0.15) is 5.76 Å². The molecule has 1 fully saturated rings. The zero-order chi connectivity index (χ0) is 14.0. The maximum absolute atomic E-state index is 12.3. The summed E-state index contributed by atoms with van der Waals surface area (Å²) >= 11 is 0. The molecule has 0 bridgehead atoms. The Morgan fingerprint density at radius 1 is 1.42 bits per heavy atom. The monoisotopic (exact) mass is 268 g/mol. The summed E-state index contributed by atoms with van der Waals surface area (Å²) in [5.41, 5.74) is -0.726. The highest BCUT2D eigenvalue weighted by Crippen LogP contribution is 2.23. The molecule has 6 nitrogen and oxygen atoms in total. The van der Waals surface area contributed by atoms with Crippen molar-refractivity contribution in [1.29, 1.82) is 0 Å². The van der Waals surface area contributed by atoms with Crippen molar-refractivity contribution in [3.05, 3.63) is 17.3 Å². The average molecular weight is 268 g/mol. The van der Waals surface area contributed by atoms with Gasteiger partial charge in [0.25, 0.3) is 5.91 Å². The van der Waals surface area contributed by atoms with Crippen molar-refractivity contribution >= 4 is 5.91 Å². The Kier molecular flexibility index (Phi) is 3.91. The number of aromatic nitrogens is 1. The molecule has 2 rings (SSSR count). The number of hydrogen-bond donors (Lipinski definition) is 2. The average Bonchev–Trinajstić information content (AvgIpc) is 2.60. The Balaban J connectivity index is 2.10. The van der Waals surface area contributed by atoms with Crippen LogP contribution in [0.1, 0.15) is 41.4 Å². The Morgan fingerprint density at radius 2 is 2.16 bits per heavy atom. The quantitative estimate of drug-likeness (QED) is 0.822. The lowest BCUT2D eigenvalue weighted by Gasteiger charge is -2.24. The Morgan fingerprint density at radius 3 is 2.74 bits per heavy atom. The molecular weight excluding hydrogens is 248 g/mol. The molecule has 6 heteroatoms. The fourth-order valence-electron chi connectivity index (χ4n) is 2.42. The molecule has 1 aromatic heterocycles. The topological polar surface area (TPSA) is 86.8 Å². The molecule has 0 saturated carbocycles. The van der Waals surface area contributed by atoms with E-state index in [2.05, 4.69) is 4.98 Å². The molecule has 0 spiro atoms. The zero-order valence-electron chi connectivity index (χ0n) is 11.3. The number of likely N-dealkylation sites (tertiary alicyclic amines) is 1. The van der Waals surface area contributed by atoms with Crippen molar-refractivity contribution in [2.24, 2.45) is 0 Å². The van der Waals surface area contributed by atoms with E-state index < -0.39 is 5.60 Å². The number of oxazole rings is 1. The first-order valence-corrected chi connectivity index (χ1v) is 6.52. The molecule has 1 aliphatic heterocycles. The molecule has 106 valence electrons. The number of hydrogen-bond acceptors (Lipinski definition) is 5. The van der Waals surface area contributed by atoms with Gasteiger partial charge in [-0.15, -0.1) is 0 Å². The van der Waals surface area contributed by atoms with E-state index in [4.69, 9.17) is 4.42 Å². The summed E-state index contributed by atoms with van der Waals surface area (Å²) < 4.78 is 5.27. The van der Waals surface area contributed by atoms with Gasteiger partial charge in [-0.25, -0.2) is 4.98 Å². The van der Waals surface area contributed by atoms with Crippen LogP contribution in [0, 0.1) is 13.8 Å². The van der Waals surface area contributed by atoms with Gasteiger partial charge in [-0.3, -0.25) is 4.79 Å². The number of amides is 1. The van der Waals surface area contributed by atoms with E-state index in [0.717, 1.165) is 0 Å². The molecule has 19 heavy (non-hydrogen) atoms. The number of aryl methyl sites for hydroxylation is 2. The normalized spacial score (nSPS) is 24.3. The summed E-state index contributed by atoms with van der Waals surface area (Å²) in [5.74, 6) is 0.822. The second kappa shape index (κ2) is 5.30. The van der Waals surface area contributed by atoms with E-state index in [1.165, 1.54) is 0 Å². The molecule has 0 aliphatic carbocycles. The van der Waals surface area contributed by atoms with Crippen molar-refractivity contribution in [2.45, 2.75) is 38.7 Å². The molecule has 2 heterocycles. The smallest absolute Gasteiger partial charge is 0.276 e. The lowest BCUT2D eigenvalue weighted by molar-refractivity contribution is -0.0250. The van der Waals surface area contributed by atoms with Crippen molar-refractivity contribution in [3.8, 4) is 0 Å². The maximum Gasteiger partial charge on any atom is 0.276 e. The first-order valence-electron chi connectivity index (χ1n) is 6.52. The third kappa shape index (κ3) is 2.96. The first kappa shape index (κ1) is 14.0. The third-order valence-electron chi connectivity index (χ3n) is 3.60.